The topological polar surface area (TPSA) is 142 Å². The Labute approximate surface area is 238 Å². The Hall–Kier alpha value is -4.16. The highest BCUT2D eigenvalue weighted by Crippen LogP contribution is 2.23. The van der Waals surface area contributed by atoms with Gasteiger partial charge < -0.3 is 9.47 Å². The standard InChI is InChI=1S/C29H36O12/c1-27(2,3)21-13-9-19(10-14-21)23(30)36-40-38-25(32)34-17-29(7,8)18-35-26(33)39-41-37-24(31)20-11-15-22(16-12-20)28(4,5)6/h9-16H,17-18H2,1-8H3. The van der Waals surface area contributed by atoms with Crippen molar-refractivity contribution < 1.29 is 58.3 Å². The van der Waals surface area contributed by atoms with Crippen LogP contribution in [0.2, 0.25) is 0 Å². The molecule has 41 heavy (non-hydrogen) atoms. The molecule has 0 fully saturated rings. The third kappa shape index (κ3) is 11.5. The third-order valence-electron chi connectivity index (χ3n) is 5.56. The van der Waals surface area contributed by atoms with Crippen molar-refractivity contribution in [3.05, 3.63) is 70.8 Å². The van der Waals surface area contributed by atoms with E-state index in [9.17, 15) is 19.2 Å². The predicted molar refractivity (Wildman–Crippen MR) is 142 cm³/mol. The second-order valence-corrected chi connectivity index (χ2v) is 11.9. The molecule has 0 heterocycles. The first kappa shape index (κ1) is 33.0. The third-order valence-corrected chi connectivity index (χ3v) is 5.56. The molecule has 0 aliphatic carbocycles. The molecule has 0 aliphatic rings. The zero-order chi connectivity index (χ0) is 30.8. The largest absolute Gasteiger partial charge is 0.543 e. The monoisotopic (exact) mass is 576 g/mol. The van der Waals surface area contributed by atoms with Gasteiger partial charge in [0.2, 0.25) is 0 Å². The first-order valence-corrected chi connectivity index (χ1v) is 12.6. The van der Waals surface area contributed by atoms with Crippen molar-refractivity contribution in [2.24, 2.45) is 5.41 Å². The van der Waals surface area contributed by atoms with Gasteiger partial charge in [-0.15, -0.1) is 0 Å². The molecule has 0 N–H and O–H groups in total. The summed E-state index contributed by atoms with van der Waals surface area (Å²) in [5.74, 6) is -1.76. The van der Waals surface area contributed by atoms with Crippen LogP contribution in [0.1, 0.15) is 87.2 Å². The van der Waals surface area contributed by atoms with Crippen LogP contribution in [0.3, 0.4) is 0 Å². The molecule has 0 atom stereocenters. The maximum Gasteiger partial charge on any atom is 0.543 e. The van der Waals surface area contributed by atoms with E-state index in [1.807, 2.05) is 41.5 Å². The molecular formula is C29H36O12. The normalized spacial score (nSPS) is 11.7. The molecule has 0 bridgehead atoms. The van der Waals surface area contributed by atoms with Crippen molar-refractivity contribution in [2.75, 3.05) is 13.2 Å². The maximum absolute atomic E-state index is 12.0. The Kier molecular flexibility index (Phi) is 11.2. The average Bonchev–Trinajstić information content (AvgIpc) is 2.90. The van der Waals surface area contributed by atoms with Gasteiger partial charge in [0.05, 0.1) is 21.2 Å². The molecule has 12 nitrogen and oxygen atoms in total. The fraction of sp³-hybridized carbons (Fsp3) is 0.448. The van der Waals surface area contributed by atoms with Crippen molar-refractivity contribution in [2.45, 2.75) is 66.2 Å². The number of hydrogen-bond donors (Lipinski definition) is 0. The lowest BCUT2D eigenvalue weighted by Gasteiger charge is -2.22. The molecular weight excluding hydrogens is 540 g/mol. The Morgan fingerprint density at radius 2 is 0.829 bits per heavy atom. The summed E-state index contributed by atoms with van der Waals surface area (Å²) >= 11 is 0. The van der Waals surface area contributed by atoms with Crippen LogP contribution in [0, 0.1) is 5.41 Å². The van der Waals surface area contributed by atoms with E-state index in [4.69, 9.17) is 9.47 Å². The summed E-state index contributed by atoms with van der Waals surface area (Å²) in [5, 5.41) is 8.40. The predicted octanol–water partition coefficient (Wildman–Crippen LogP) is 6.32. The highest BCUT2D eigenvalue weighted by atomic mass is 17.5. The molecule has 224 valence electrons. The van der Waals surface area contributed by atoms with Crippen LogP contribution in [0.5, 0.6) is 0 Å². The van der Waals surface area contributed by atoms with E-state index in [1.54, 1.807) is 62.4 Å². The van der Waals surface area contributed by atoms with Gasteiger partial charge in [0.15, 0.2) is 0 Å². The molecule has 0 saturated heterocycles. The van der Waals surface area contributed by atoms with Crippen LogP contribution in [-0.4, -0.2) is 37.5 Å². The molecule has 12 heteroatoms. The summed E-state index contributed by atoms with van der Waals surface area (Å²) < 4.78 is 9.72. The lowest BCUT2D eigenvalue weighted by molar-refractivity contribution is -0.453. The Bertz CT molecular complexity index is 1090. The Morgan fingerprint density at radius 1 is 0.512 bits per heavy atom. The minimum absolute atomic E-state index is 0.0900. The smallest absolute Gasteiger partial charge is 0.432 e. The fourth-order valence-electron chi connectivity index (χ4n) is 3.06. The summed E-state index contributed by atoms with van der Waals surface area (Å²) in [6.07, 6.45) is -2.61. The zero-order valence-corrected chi connectivity index (χ0v) is 24.4. The number of ether oxygens (including phenoxy) is 2. The molecule has 2 aromatic rings. The van der Waals surface area contributed by atoms with Gasteiger partial charge in [0, 0.05) is 5.41 Å². The van der Waals surface area contributed by atoms with Gasteiger partial charge in [0.1, 0.15) is 13.2 Å². The molecule has 2 aromatic carbocycles. The van der Waals surface area contributed by atoms with Gasteiger partial charge in [-0.25, -0.2) is 29.0 Å². The van der Waals surface area contributed by atoms with Crippen LogP contribution in [0.4, 0.5) is 9.59 Å². The van der Waals surface area contributed by atoms with E-state index in [-0.39, 0.29) is 35.2 Å². The quantitative estimate of drug-likeness (QED) is 0.177. The average molecular weight is 577 g/mol. The Morgan fingerprint density at radius 3 is 1.12 bits per heavy atom. The van der Waals surface area contributed by atoms with Crippen molar-refractivity contribution in [3.63, 3.8) is 0 Å². The van der Waals surface area contributed by atoms with Gasteiger partial charge in [-0.2, -0.15) is 0 Å². The summed E-state index contributed by atoms with van der Waals surface area (Å²) in [5.41, 5.74) is 1.32. The van der Waals surface area contributed by atoms with Crippen LogP contribution in [0.15, 0.2) is 48.5 Å². The van der Waals surface area contributed by atoms with Gasteiger partial charge in [-0.1, -0.05) is 79.7 Å². The van der Waals surface area contributed by atoms with Crippen LogP contribution in [0.25, 0.3) is 0 Å². The van der Waals surface area contributed by atoms with Crippen LogP contribution < -0.4 is 0 Å². The van der Waals surface area contributed by atoms with Crippen molar-refractivity contribution >= 4 is 24.2 Å². The number of carbonyl (C=O) groups is 4. The van der Waals surface area contributed by atoms with Gasteiger partial charge in [0.25, 0.3) is 0 Å². The molecule has 0 unspecified atom stereocenters. The lowest BCUT2D eigenvalue weighted by atomic mass is 9.87. The fourth-order valence-corrected chi connectivity index (χ4v) is 3.06. The molecule has 0 amide bonds. The van der Waals surface area contributed by atoms with E-state index in [2.05, 4.69) is 29.6 Å². The van der Waals surface area contributed by atoms with Crippen LogP contribution >= 0.6 is 0 Å². The van der Waals surface area contributed by atoms with Crippen molar-refractivity contribution in [3.8, 4) is 0 Å². The summed E-state index contributed by atoms with van der Waals surface area (Å²) in [4.78, 5) is 64.9. The molecule has 0 aromatic heterocycles. The summed E-state index contributed by atoms with van der Waals surface area (Å²) in [6, 6.07) is 13.3. The zero-order valence-electron chi connectivity index (χ0n) is 24.4. The minimum atomic E-state index is -1.30. The molecule has 0 saturated carbocycles. The highest BCUT2D eigenvalue weighted by Gasteiger charge is 2.25. The van der Waals surface area contributed by atoms with E-state index in [0.717, 1.165) is 11.1 Å². The second-order valence-electron chi connectivity index (χ2n) is 11.9. The molecule has 2 rings (SSSR count). The van der Waals surface area contributed by atoms with Gasteiger partial charge >= 0.3 is 24.2 Å². The lowest BCUT2D eigenvalue weighted by Crippen LogP contribution is -2.29. The first-order valence-electron chi connectivity index (χ1n) is 12.6. The molecule has 0 spiro atoms. The number of rotatable bonds is 10. The maximum atomic E-state index is 12.0. The van der Waals surface area contributed by atoms with E-state index >= 15 is 0 Å². The van der Waals surface area contributed by atoms with Crippen molar-refractivity contribution in [1.29, 1.82) is 0 Å². The van der Waals surface area contributed by atoms with Crippen LogP contribution in [-0.2, 0) is 49.9 Å². The summed E-state index contributed by atoms with van der Waals surface area (Å²) in [6.45, 7) is 14.8. The van der Waals surface area contributed by atoms with E-state index in [0.29, 0.717) is 0 Å². The number of hydrogen-bond acceptors (Lipinski definition) is 12. The number of benzene rings is 2. The molecule has 0 aliphatic heterocycles. The Balaban J connectivity index is 1.64. The van der Waals surface area contributed by atoms with E-state index < -0.39 is 29.7 Å². The summed E-state index contributed by atoms with van der Waals surface area (Å²) in [7, 11) is 0. The van der Waals surface area contributed by atoms with Gasteiger partial charge in [-0.3, -0.25) is 9.78 Å². The number of carbonyl (C=O) groups excluding carboxylic acids is 4. The minimum Gasteiger partial charge on any atom is -0.432 e. The molecule has 0 radical (unpaired) electrons. The highest BCUT2D eigenvalue weighted by molar-refractivity contribution is 5.89. The van der Waals surface area contributed by atoms with Crippen molar-refractivity contribution in [1.82, 2.24) is 0 Å². The first-order chi connectivity index (χ1) is 19.0. The second kappa shape index (κ2) is 14.0. The SMILES string of the molecule is CC(C)(COC(=O)OOOC(=O)c1ccc(C(C)(C)C)cc1)COC(=O)OOOC(=O)c1ccc(C(C)(C)C)cc1. The van der Waals surface area contributed by atoms with Gasteiger partial charge in [-0.05, 0) is 46.2 Å². The van der Waals surface area contributed by atoms with E-state index in [1.165, 1.54) is 0 Å².